The molecule has 2 aliphatic heterocycles. The van der Waals surface area contributed by atoms with E-state index < -0.39 is 0 Å². The molecule has 1 N–H and O–H groups in total. The van der Waals surface area contributed by atoms with Crippen LogP contribution in [0.2, 0.25) is 0 Å². The van der Waals surface area contributed by atoms with E-state index >= 15 is 0 Å². The van der Waals surface area contributed by atoms with Gasteiger partial charge in [0.05, 0.1) is 12.2 Å². The topological polar surface area (TPSA) is 37.9 Å². The lowest BCUT2D eigenvalue weighted by atomic mass is 9.88. The second kappa shape index (κ2) is 4.42. The van der Waals surface area contributed by atoms with Gasteiger partial charge in [0.25, 0.3) is 0 Å². The van der Waals surface area contributed by atoms with Gasteiger partial charge in [0.15, 0.2) is 0 Å². The Morgan fingerprint density at radius 2 is 2.17 bits per heavy atom. The predicted octanol–water partition coefficient (Wildman–Crippen LogP) is 3.61. The van der Waals surface area contributed by atoms with Crippen molar-refractivity contribution in [2.75, 3.05) is 0 Å². The third kappa shape index (κ3) is 1.91. The van der Waals surface area contributed by atoms with Gasteiger partial charge in [-0.05, 0) is 32.1 Å². The van der Waals surface area contributed by atoms with Crippen LogP contribution in [0.15, 0.2) is 0 Å². The highest BCUT2D eigenvalue weighted by atomic mass is 32.1. The lowest BCUT2D eigenvalue weighted by Crippen LogP contribution is -2.18. The first-order valence-electron chi connectivity index (χ1n) is 6.82. The molecule has 0 aromatic carbocycles. The summed E-state index contributed by atoms with van der Waals surface area (Å²) in [6, 6.07) is 0. The number of nitrogens with one attached hydrogen (secondary N) is 1. The summed E-state index contributed by atoms with van der Waals surface area (Å²) >= 11 is 5.45. The minimum absolute atomic E-state index is 0.359. The highest BCUT2D eigenvalue weighted by molar-refractivity contribution is 7.71. The molecule has 3 unspecified atom stereocenters. The van der Waals surface area contributed by atoms with Crippen LogP contribution in [0.25, 0.3) is 0 Å². The number of rotatable bonds is 2. The van der Waals surface area contributed by atoms with E-state index in [4.69, 9.17) is 17.0 Å². The SMILES string of the molecule is Cc1[nH]c(C2CC3CCC2O3)nc(=S)c1C(C)C. The molecule has 3 atom stereocenters. The predicted molar refractivity (Wildman–Crippen MR) is 73.5 cm³/mol. The van der Waals surface area contributed by atoms with E-state index in [1.165, 1.54) is 24.1 Å². The average molecular weight is 264 g/mol. The Balaban J connectivity index is 1.97. The lowest BCUT2D eigenvalue weighted by molar-refractivity contribution is 0.0998. The molecule has 3 nitrogen and oxygen atoms in total. The zero-order valence-electron chi connectivity index (χ0n) is 11.2. The summed E-state index contributed by atoms with van der Waals surface area (Å²) in [5, 5.41) is 0. The van der Waals surface area contributed by atoms with Crippen LogP contribution >= 0.6 is 12.2 Å². The molecule has 2 fully saturated rings. The van der Waals surface area contributed by atoms with Crippen molar-refractivity contribution >= 4 is 12.2 Å². The molecule has 2 saturated heterocycles. The molecule has 0 spiro atoms. The van der Waals surface area contributed by atoms with E-state index in [0.717, 1.165) is 16.9 Å². The maximum Gasteiger partial charge on any atom is 0.133 e. The van der Waals surface area contributed by atoms with Gasteiger partial charge in [-0.2, -0.15) is 0 Å². The minimum atomic E-state index is 0.359. The lowest BCUT2D eigenvalue weighted by Gasteiger charge is -2.20. The second-order valence-electron chi connectivity index (χ2n) is 5.84. The van der Waals surface area contributed by atoms with Crippen LogP contribution in [0.3, 0.4) is 0 Å². The molecule has 18 heavy (non-hydrogen) atoms. The van der Waals surface area contributed by atoms with Crippen molar-refractivity contribution in [3.8, 4) is 0 Å². The Hall–Kier alpha value is -0.740. The van der Waals surface area contributed by atoms with Crippen LogP contribution in [0.1, 0.15) is 62.0 Å². The van der Waals surface area contributed by atoms with Gasteiger partial charge < -0.3 is 9.72 Å². The minimum Gasteiger partial charge on any atom is -0.374 e. The summed E-state index contributed by atoms with van der Waals surface area (Å²) in [7, 11) is 0. The van der Waals surface area contributed by atoms with Gasteiger partial charge in [-0.25, -0.2) is 4.98 Å². The zero-order valence-corrected chi connectivity index (χ0v) is 12.0. The summed E-state index contributed by atoms with van der Waals surface area (Å²) in [6.45, 7) is 6.42. The van der Waals surface area contributed by atoms with E-state index in [1.807, 2.05) is 0 Å². The van der Waals surface area contributed by atoms with Crippen LogP contribution in [-0.2, 0) is 4.74 Å². The van der Waals surface area contributed by atoms with Crippen molar-refractivity contribution < 1.29 is 4.74 Å². The van der Waals surface area contributed by atoms with Crippen molar-refractivity contribution in [1.82, 2.24) is 9.97 Å². The Bertz CT molecular complexity index is 523. The number of nitrogens with zero attached hydrogens (tertiary/aromatic N) is 1. The number of ether oxygens (including phenoxy) is 1. The average Bonchev–Trinajstić information content (AvgIpc) is 2.88. The van der Waals surface area contributed by atoms with Gasteiger partial charge in [-0.1, -0.05) is 26.1 Å². The molecule has 0 saturated carbocycles. The van der Waals surface area contributed by atoms with Crippen molar-refractivity contribution in [3.05, 3.63) is 21.7 Å². The first-order valence-corrected chi connectivity index (χ1v) is 7.23. The van der Waals surface area contributed by atoms with Crippen molar-refractivity contribution in [3.63, 3.8) is 0 Å². The Morgan fingerprint density at radius 1 is 1.39 bits per heavy atom. The molecule has 2 bridgehead atoms. The van der Waals surface area contributed by atoms with Gasteiger partial charge in [-0.15, -0.1) is 0 Å². The number of H-pyrrole nitrogens is 1. The van der Waals surface area contributed by atoms with Crippen LogP contribution in [0.5, 0.6) is 0 Å². The maximum atomic E-state index is 5.90. The van der Waals surface area contributed by atoms with E-state index in [0.29, 0.717) is 24.0 Å². The molecule has 3 heterocycles. The Kier molecular flexibility index (Phi) is 3.02. The molecule has 3 rings (SSSR count). The fraction of sp³-hybridized carbons (Fsp3) is 0.714. The summed E-state index contributed by atoms with van der Waals surface area (Å²) in [5.41, 5.74) is 2.35. The highest BCUT2D eigenvalue weighted by Crippen LogP contribution is 2.43. The van der Waals surface area contributed by atoms with Crippen LogP contribution in [0.4, 0.5) is 0 Å². The third-order valence-corrected chi connectivity index (χ3v) is 4.52. The van der Waals surface area contributed by atoms with Gasteiger partial charge in [0, 0.05) is 17.2 Å². The number of hydrogen-bond acceptors (Lipinski definition) is 3. The number of aryl methyl sites for hydroxylation is 1. The van der Waals surface area contributed by atoms with Crippen LogP contribution in [0, 0.1) is 11.6 Å². The van der Waals surface area contributed by atoms with Crippen LogP contribution < -0.4 is 0 Å². The van der Waals surface area contributed by atoms with Gasteiger partial charge >= 0.3 is 0 Å². The van der Waals surface area contributed by atoms with E-state index in [2.05, 4.69) is 30.7 Å². The summed E-state index contributed by atoms with van der Waals surface area (Å²) in [6.07, 6.45) is 4.29. The molecule has 0 aliphatic carbocycles. The molecule has 4 heteroatoms. The molecule has 1 aromatic heterocycles. The summed E-state index contributed by atoms with van der Waals surface area (Å²) < 4.78 is 6.67. The van der Waals surface area contributed by atoms with Crippen molar-refractivity contribution in [2.45, 2.75) is 64.1 Å². The first kappa shape index (κ1) is 12.3. The van der Waals surface area contributed by atoms with E-state index in [9.17, 15) is 0 Å². The molecule has 0 radical (unpaired) electrons. The third-order valence-electron chi connectivity index (χ3n) is 4.21. The fourth-order valence-electron chi connectivity index (χ4n) is 3.40. The quantitative estimate of drug-likeness (QED) is 0.829. The normalized spacial score (nSPS) is 30.3. The van der Waals surface area contributed by atoms with E-state index in [-0.39, 0.29) is 0 Å². The Morgan fingerprint density at radius 3 is 2.67 bits per heavy atom. The van der Waals surface area contributed by atoms with Gasteiger partial charge in [0.2, 0.25) is 0 Å². The maximum absolute atomic E-state index is 5.90. The van der Waals surface area contributed by atoms with E-state index in [1.54, 1.807) is 0 Å². The first-order chi connectivity index (χ1) is 8.56. The molecular weight excluding hydrogens is 244 g/mol. The van der Waals surface area contributed by atoms with Crippen molar-refractivity contribution in [2.24, 2.45) is 0 Å². The van der Waals surface area contributed by atoms with Crippen molar-refractivity contribution in [1.29, 1.82) is 0 Å². The summed E-state index contributed by atoms with van der Waals surface area (Å²) in [4.78, 5) is 8.10. The highest BCUT2D eigenvalue weighted by Gasteiger charge is 2.42. The molecular formula is C14H20N2OS. The van der Waals surface area contributed by atoms with Gasteiger partial charge in [-0.3, -0.25) is 0 Å². The Labute approximate surface area is 113 Å². The monoisotopic (exact) mass is 264 g/mol. The van der Waals surface area contributed by atoms with Gasteiger partial charge in [0.1, 0.15) is 10.5 Å². The standard InChI is InChI=1S/C14H20N2OS/c1-7(2)12-8(3)15-13(16-14(12)18)10-6-9-4-5-11(10)17-9/h7,9-11H,4-6H2,1-3H3,(H,15,16,18). The smallest absolute Gasteiger partial charge is 0.133 e. The number of fused-ring (bicyclic) bond motifs is 2. The van der Waals surface area contributed by atoms with Crippen LogP contribution in [-0.4, -0.2) is 22.2 Å². The molecule has 0 amide bonds. The number of aromatic amines is 1. The molecule has 98 valence electrons. The second-order valence-corrected chi connectivity index (χ2v) is 6.22. The fourth-order valence-corrected chi connectivity index (χ4v) is 3.89. The molecule has 1 aromatic rings. The number of hydrogen-bond donors (Lipinski definition) is 1. The summed E-state index contributed by atoms with van der Waals surface area (Å²) in [5.74, 6) is 1.88. The number of aromatic nitrogens is 2. The molecule has 2 aliphatic rings. The largest absolute Gasteiger partial charge is 0.374 e. The zero-order chi connectivity index (χ0) is 12.9.